The number of hydrogen-bond donors (Lipinski definition) is 3. The Balaban J connectivity index is 2.87. The van der Waals surface area contributed by atoms with Gasteiger partial charge in [0.05, 0.1) is 6.61 Å². The van der Waals surface area contributed by atoms with Crippen molar-refractivity contribution >= 4 is 5.91 Å². The van der Waals surface area contributed by atoms with Gasteiger partial charge >= 0.3 is 0 Å². The minimum absolute atomic E-state index is 0.337. The summed E-state index contributed by atoms with van der Waals surface area (Å²) in [4.78, 5) is 10.7. The van der Waals surface area contributed by atoms with Crippen molar-refractivity contribution < 1.29 is 15.0 Å². The van der Waals surface area contributed by atoms with Crippen molar-refractivity contribution in [1.82, 2.24) is 0 Å². The predicted molar refractivity (Wildman–Crippen MR) is 47.0 cm³/mol. The Labute approximate surface area is 75.6 Å². The lowest BCUT2D eigenvalue weighted by Gasteiger charge is -2.06. The number of carbonyl (C=O) groups excluding carboxylic acids is 1. The van der Waals surface area contributed by atoms with E-state index < -0.39 is 12.0 Å². The third-order valence-corrected chi connectivity index (χ3v) is 1.75. The van der Waals surface area contributed by atoms with Crippen LogP contribution in [0.5, 0.6) is 0 Å². The molecule has 1 aromatic carbocycles. The highest BCUT2D eigenvalue weighted by atomic mass is 16.3. The van der Waals surface area contributed by atoms with Crippen LogP contribution in [0.4, 0.5) is 0 Å². The standard InChI is InChI=1S/C9H11NO3/c10-9(13)7-3-1-6(2-4-7)8(12)5-11/h1-4,8,11-12H,5H2,(H2,10,13). The molecular weight excluding hydrogens is 170 g/mol. The number of carbonyl (C=O) groups is 1. The molecule has 1 atom stereocenters. The first kappa shape index (κ1) is 9.70. The Kier molecular flexibility index (Phi) is 3.00. The summed E-state index contributed by atoms with van der Waals surface area (Å²) in [5, 5.41) is 17.8. The lowest BCUT2D eigenvalue weighted by atomic mass is 10.1. The summed E-state index contributed by atoms with van der Waals surface area (Å²) in [5.74, 6) is -0.509. The van der Waals surface area contributed by atoms with Gasteiger partial charge in [-0.2, -0.15) is 0 Å². The van der Waals surface area contributed by atoms with E-state index in [9.17, 15) is 9.90 Å². The van der Waals surface area contributed by atoms with Gasteiger partial charge in [-0.15, -0.1) is 0 Å². The Morgan fingerprint density at radius 1 is 1.38 bits per heavy atom. The first-order valence-corrected chi connectivity index (χ1v) is 3.84. The number of primary amides is 1. The molecule has 1 aromatic rings. The monoisotopic (exact) mass is 181 g/mol. The van der Waals surface area contributed by atoms with Gasteiger partial charge < -0.3 is 15.9 Å². The lowest BCUT2D eigenvalue weighted by molar-refractivity contribution is 0.0954. The smallest absolute Gasteiger partial charge is 0.248 e. The van der Waals surface area contributed by atoms with E-state index in [0.29, 0.717) is 11.1 Å². The van der Waals surface area contributed by atoms with Gasteiger partial charge in [0.15, 0.2) is 0 Å². The Bertz CT molecular complexity index is 294. The van der Waals surface area contributed by atoms with Crippen LogP contribution in [0.3, 0.4) is 0 Å². The molecule has 1 unspecified atom stereocenters. The van der Waals surface area contributed by atoms with Gasteiger partial charge in [0.1, 0.15) is 6.10 Å². The maximum atomic E-state index is 10.7. The molecule has 0 aromatic heterocycles. The largest absolute Gasteiger partial charge is 0.393 e. The Morgan fingerprint density at radius 3 is 2.31 bits per heavy atom. The number of benzene rings is 1. The number of rotatable bonds is 3. The zero-order chi connectivity index (χ0) is 9.84. The van der Waals surface area contributed by atoms with E-state index in [0.717, 1.165) is 0 Å². The average molecular weight is 181 g/mol. The van der Waals surface area contributed by atoms with Crippen molar-refractivity contribution in [3.8, 4) is 0 Å². The molecule has 0 radical (unpaired) electrons. The molecule has 4 heteroatoms. The predicted octanol–water partition coefficient (Wildman–Crippen LogP) is -0.189. The van der Waals surface area contributed by atoms with Crippen LogP contribution >= 0.6 is 0 Å². The van der Waals surface area contributed by atoms with Crippen LogP contribution in [0, 0.1) is 0 Å². The second kappa shape index (κ2) is 4.02. The van der Waals surface area contributed by atoms with Crippen molar-refractivity contribution in [3.05, 3.63) is 35.4 Å². The number of amides is 1. The lowest BCUT2D eigenvalue weighted by Crippen LogP contribution is -2.11. The van der Waals surface area contributed by atoms with Crippen LogP contribution in [0.25, 0.3) is 0 Å². The van der Waals surface area contributed by atoms with E-state index in [2.05, 4.69) is 0 Å². The third kappa shape index (κ3) is 2.27. The van der Waals surface area contributed by atoms with Gasteiger partial charge in [0, 0.05) is 5.56 Å². The van der Waals surface area contributed by atoms with Crippen LogP contribution in [-0.2, 0) is 0 Å². The molecule has 1 amide bonds. The van der Waals surface area contributed by atoms with Crippen molar-refractivity contribution in [2.24, 2.45) is 5.73 Å². The normalized spacial score (nSPS) is 12.5. The number of aliphatic hydroxyl groups is 2. The molecule has 0 aliphatic heterocycles. The van der Waals surface area contributed by atoms with Crippen LogP contribution in [-0.4, -0.2) is 22.7 Å². The summed E-state index contributed by atoms with van der Waals surface area (Å²) in [7, 11) is 0. The van der Waals surface area contributed by atoms with E-state index in [-0.39, 0.29) is 6.61 Å². The molecule has 70 valence electrons. The van der Waals surface area contributed by atoms with Crippen LogP contribution < -0.4 is 5.73 Å². The highest BCUT2D eigenvalue weighted by Gasteiger charge is 2.06. The molecule has 0 saturated carbocycles. The number of nitrogens with two attached hydrogens (primary N) is 1. The molecule has 13 heavy (non-hydrogen) atoms. The Morgan fingerprint density at radius 2 is 1.92 bits per heavy atom. The molecule has 0 heterocycles. The van der Waals surface area contributed by atoms with Crippen LogP contribution in [0.2, 0.25) is 0 Å². The van der Waals surface area contributed by atoms with Crippen molar-refractivity contribution in [1.29, 1.82) is 0 Å². The molecule has 0 spiro atoms. The molecular formula is C9H11NO3. The second-order valence-electron chi connectivity index (χ2n) is 2.68. The van der Waals surface area contributed by atoms with Crippen molar-refractivity contribution in [3.63, 3.8) is 0 Å². The Hall–Kier alpha value is -1.39. The number of hydrogen-bond acceptors (Lipinski definition) is 3. The second-order valence-corrected chi connectivity index (χ2v) is 2.68. The minimum atomic E-state index is -0.901. The molecule has 4 N–H and O–H groups in total. The van der Waals surface area contributed by atoms with Crippen molar-refractivity contribution in [2.75, 3.05) is 6.61 Å². The fourth-order valence-electron chi connectivity index (χ4n) is 0.975. The van der Waals surface area contributed by atoms with E-state index in [4.69, 9.17) is 10.8 Å². The van der Waals surface area contributed by atoms with Crippen LogP contribution in [0.1, 0.15) is 22.0 Å². The van der Waals surface area contributed by atoms with Gasteiger partial charge in [-0.1, -0.05) is 12.1 Å². The molecule has 0 bridgehead atoms. The quantitative estimate of drug-likeness (QED) is 0.604. The average Bonchev–Trinajstić information content (AvgIpc) is 2.17. The van der Waals surface area contributed by atoms with E-state index in [1.807, 2.05) is 0 Å². The summed E-state index contributed by atoms with van der Waals surface area (Å²) in [6, 6.07) is 6.13. The van der Waals surface area contributed by atoms with Gasteiger partial charge in [0.2, 0.25) is 5.91 Å². The molecule has 0 aliphatic carbocycles. The topological polar surface area (TPSA) is 83.6 Å². The summed E-state index contributed by atoms with van der Waals surface area (Å²) in [6.45, 7) is -0.337. The molecule has 0 aliphatic rings. The van der Waals surface area contributed by atoms with E-state index in [1.54, 1.807) is 12.1 Å². The maximum Gasteiger partial charge on any atom is 0.248 e. The summed E-state index contributed by atoms with van der Waals surface area (Å²) in [6.07, 6.45) is -0.901. The first-order chi connectivity index (χ1) is 6.15. The van der Waals surface area contributed by atoms with Gasteiger partial charge in [-0.05, 0) is 17.7 Å². The summed E-state index contributed by atoms with van der Waals surface area (Å²) < 4.78 is 0. The number of aliphatic hydroxyl groups excluding tert-OH is 2. The zero-order valence-corrected chi connectivity index (χ0v) is 6.97. The molecule has 4 nitrogen and oxygen atoms in total. The maximum absolute atomic E-state index is 10.7. The summed E-state index contributed by atoms with van der Waals surface area (Å²) >= 11 is 0. The van der Waals surface area contributed by atoms with Gasteiger partial charge in [-0.3, -0.25) is 4.79 Å². The molecule has 0 saturated heterocycles. The molecule has 0 fully saturated rings. The highest BCUT2D eigenvalue weighted by molar-refractivity contribution is 5.92. The fraction of sp³-hybridized carbons (Fsp3) is 0.222. The van der Waals surface area contributed by atoms with Crippen molar-refractivity contribution in [2.45, 2.75) is 6.10 Å². The zero-order valence-electron chi connectivity index (χ0n) is 6.97. The minimum Gasteiger partial charge on any atom is -0.393 e. The van der Waals surface area contributed by atoms with Gasteiger partial charge in [0.25, 0.3) is 0 Å². The van der Waals surface area contributed by atoms with Crippen LogP contribution in [0.15, 0.2) is 24.3 Å². The highest BCUT2D eigenvalue weighted by Crippen LogP contribution is 2.12. The SMILES string of the molecule is NC(=O)c1ccc(C(O)CO)cc1. The first-order valence-electron chi connectivity index (χ1n) is 3.84. The third-order valence-electron chi connectivity index (χ3n) is 1.75. The molecule has 1 rings (SSSR count). The fourth-order valence-corrected chi connectivity index (χ4v) is 0.975. The summed E-state index contributed by atoms with van der Waals surface area (Å²) in [5.41, 5.74) is 5.97. The van der Waals surface area contributed by atoms with E-state index in [1.165, 1.54) is 12.1 Å². The van der Waals surface area contributed by atoms with E-state index >= 15 is 0 Å². The van der Waals surface area contributed by atoms with Gasteiger partial charge in [-0.25, -0.2) is 0 Å².